The van der Waals surface area contributed by atoms with Gasteiger partial charge in [-0.3, -0.25) is 9.80 Å². The second-order valence-electron chi connectivity index (χ2n) is 5.43. The number of nitrogens with zero attached hydrogens (tertiary/aromatic N) is 6. The summed E-state index contributed by atoms with van der Waals surface area (Å²) < 4.78 is 1.94. The molecular weight excluding hydrogens is 240 g/mol. The van der Waals surface area contributed by atoms with Gasteiger partial charge in [-0.15, -0.1) is 0 Å². The van der Waals surface area contributed by atoms with Crippen LogP contribution in [0.25, 0.3) is 0 Å². The fourth-order valence-electron chi connectivity index (χ4n) is 2.41. The molecule has 19 heavy (non-hydrogen) atoms. The SMILES string of the molecule is CCn1ncnc1CN1CCN(C(C)(C)C#N)CC1. The lowest BCUT2D eigenvalue weighted by atomic mass is 10.0. The molecule has 0 aliphatic carbocycles. The fraction of sp³-hybridized carbons (Fsp3) is 0.769. The Morgan fingerprint density at radius 2 is 2.00 bits per heavy atom. The molecule has 0 amide bonds. The number of hydrogen-bond acceptors (Lipinski definition) is 5. The second kappa shape index (κ2) is 5.68. The van der Waals surface area contributed by atoms with Crippen LogP contribution in [0.1, 0.15) is 26.6 Å². The minimum atomic E-state index is -0.366. The quantitative estimate of drug-likeness (QED) is 0.800. The van der Waals surface area contributed by atoms with Crippen LogP contribution in [-0.4, -0.2) is 56.3 Å². The van der Waals surface area contributed by atoms with Gasteiger partial charge >= 0.3 is 0 Å². The van der Waals surface area contributed by atoms with E-state index in [1.807, 2.05) is 18.5 Å². The van der Waals surface area contributed by atoms with Crippen LogP contribution in [0.15, 0.2) is 6.33 Å². The van der Waals surface area contributed by atoms with Gasteiger partial charge in [-0.25, -0.2) is 9.67 Å². The summed E-state index contributed by atoms with van der Waals surface area (Å²) in [5, 5.41) is 13.4. The largest absolute Gasteiger partial charge is 0.293 e. The number of aromatic nitrogens is 3. The van der Waals surface area contributed by atoms with Crippen molar-refractivity contribution in [2.75, 3.05) is 26.2 Å². The predicted molar refractivity (Wildman–Crippen MR) is 72.2 cm³/mol. The monoisotopic (exact) mass is 262 g/mol. The third-order valence-corrected chi connectivity index (χ3v) is 3.80. The Labute approximate surface area is 114 Å². The van der Waals surface area contributed by atoms with Gasteiger partial charge in [-0.05, 0) is 20.8 Å². The second-order valence-corrected chi connectivity index (χ2v) is 5.43. The van der Waals surface area contributed by atoms with Gasteiger partial charge in [0.1, 0.15) is 17.7 Å². The number of nitriles is 1. The summed E-state index contributed by atoms with van der Waals surface area (Å²) in [5.74, 6) is 1.02. The van der Waals surface area contributed by atoms with Gasteiger partial charge in [0.2, 0.25) is 0 Å². The van der Waals surface area contributed by atoms with Crippen LogP contribution in [0, 0.1) is 11.3 Å². The first-order valence-corrected chi connectivity index (χ1v) is 6.82. The zero-order valence-corrected chi connectivity index (χ0v) is 12.0. The molecule has 0 N–H and O–H groups in total. The van der Waals surface area contributed by atoms with Crippen molar-refractivity contribution < 1.29 is 0 Å². The maximum Gasteiger partial charge on any atom is 0.140 e. The summed E-state index contributed by atoms with van der Waals surface area (Å²) in [4.78, 5) is 8.93. The molecule has 0 aromatic carbocycles. The Hall–Kier alpha value is -1.45. The summed E-state index contributed by atoms with van der Waals surface area (Å²) in [7, 11) is 0. The molecule has 1 aliphatic heterocycles. The van der Waals surface area contributed by atoms with Crippen LogP contribution >= 0.6 is 0 Å². The predicted octanol–water partition coefficient (Wildman–Crippen LogP) is 0.718. The molecule has 0 bridgehead atoms. The minimum absolute atomic E-state index is 0.366. The molecule has 0 radical (unpaired) electrons. The molecule has 0 saturated carbocycles. The lowest BCUT2D eigenvalue weighted by Gasteiger charge is -2.40. The Bertz CT molecular complexity index is 450. The first kappa shape index (κ1) is 14.0. The zero-order chi connectivity index (χ0) is 13.9. The first-order valence-electron chi connectivity index (χ1n) is 6.82. The normalized spacial score (nSPS) is 18.4. The number of piperazine rings is 1. The van der Waals surface area contributed by atoms with E-state index in [1.165, 1.54) is 0 Å². The van der Waals surface area contributed by atoms with Crippen LogP contribution in [0.5, 0.6) is 0 Å². The van der Waals surface area contributed by atoms with E-state index in [0.717, 1.165) is 45.1 Å². The minimum Gasteiger partial charge on any atom is -0.293 e. The van der Waals surface area contributed by atoms with Crippen LogP contribution in [0.2, 0.25) is 0 Å². The van der Waals surface area contributed by atoms with Crippen molar-refractivity contribution in [1.82, 2.24) is 24.6 Å². The molecule has 2 heterocycles. The molecule has 1 fully saturated rings. The lowest BCUT2D eigenvalue weighted by Crippen LogP contribution is -2.53. The van der Waals surface area contributed by atoms with Gasteiger partial charge in [0.15, 0.2) is 0 Å². The summed E-state index contributed by atoms with van der Waals surface area (Å²) in [6.45, 7) is 11.6. The molecule has 2 rings (SSSR count). The Morgan fingerprint density at radius 3 is 2.58 bits per heavy atom. The molecular formula is C13H22N6. The molecule has 6 heteroatoms. The number of hydrogen-bond donors (Lipinski definition) is 0. The van der Waals surface area contributed by atoms with E-state index in [-0.39, 0.29) is 5.54 Å². The van der Waals surface area contributed by atoms with E-state index in [2.05, 4.69) is 32.9 Å². The molecule has 6 nitrogen and oxygen atoms in total. The van der Waals surface area contributed by atoms with Crippen molar-refractivity contribution in [3.8, 4) is 6.07 Å². The van der Waals surface area contributed by atoms with Crippen molar-refractivity contribution >= 4 is 0 Å². The fourth-order valence-corrected chi connectivity index (χ4v) is 2.41. The lowest BCUT2D eigenvalue weighted by molar-refractivity contribution is 0.0743. The van der Waals surface area contributed by atoms with Crippen molar-refractivity contribution in [3.63, 3.8) is 0 Å². The summed E-state index contributed by atoms with van der Waals surface area (Å²) in [6, 6.07) is 2.37. The van der Waals surface area contributed by atoms with Crippen LogP contribution in [0.3, 0.4) is 0 Å². The van der Waals surface area contributed by atoms with Crippen molar-refractivity contribution in [2.45, 2.75) is 39.4 Å². The molecule has 1 aromatic rings. The van der Waals surface area contributed by atoms with Crippen molar-refractivity contribution in [1.29, 1.82) is 5.26 Å². The first-order chi connectivity index (χ1) is 9.06. The highest BCUT2D eigenvalue weighted by Crippen LogP contribution is 2.16. The molecule has 1 aliphatic rings. The summed E-state index contributed by atoms with van der Waals surface area (Å²) >= 11 is 0. The molecule has 0 spiro atoms. The Morgan fingerprint density at radius 1 is 1.32 bits per heavy atom. The van der Waals surface area contributed by atoms with Gasteiger partial charge in [-0.1, -0.05) is 0 Å². The number of rotatable bonds is 4. The van der Waals surface area contributed by atoms with Gasteiger partial charge in [0.05, 0.1) is 12.6 Å². The molecule has 1 saturated heterocycles. The van der Waals surface area contributed by atoms with Crippen molar-refractivity contribution in [2.24, 2.45) is 0 Å². The van der Waals surface area contributed by atoms with Crippen LogP contribution in [-0.2, 0) is 13.1 Å². The van der Waals surface area contributed by atoms with E-state index < -0.39 is 0 Å². The third-order valence-electron chi connectivity index (χ3n) is 3.80. The standard InChI is InChI=1S/C13H22N6/c1-4-19-12(15-11-16-19)9-17-5-7-18(8-6-17)13(2,3)10-14/h11H,4-9H2,1-3H3. The highest BCUT2D eigenvalue weighted by molar-refractivity contribution is 5.03. The van der Waals surface area contributed by atoms with Crippen LogP contribution in [0.4, 0.5) is 0 Å². The van der Waals surface area contributed by atoms with Gasteiger partial charge in [-0.2, -0.15) is 10.4 Å². The van der Waals surface area contributed by atoms with E-state index in [0.29, 0.717) is 0 Å². The maximum atomic E-state index is 9.16. The van der Waals surface area contributed by atoms with Crippen molar-refractivity contribution in [3.05, 3.63) is 12.2 Å². The van der Waals surface area contributed by atoms with Gasteiger partial charge in [0.25, 0.3) is 0 Å². The zero-order valence-electron chi connectivity index (χ0n) is 12.0. The van der Waals surface area contributed by atoms with Gasteiger partial charge < -0.3 is 0 Å². The van der Waals surface area contributed by atoms with E-state index >= 15 is 0 Å². The highest BCUT2D eigenvalue weighted by Gasteiger charge is 2.29. The average molecular weight is 262 g/mol. The van der Waals surface area contributed by atoms with E-state index in [1.54, 1.807) is 6.33 Å². The number of aryl methyl sites for hydroxylation is 1. The Balaban J connectivity index is 1.89. The highest BCUT2D eigenvalue weighted by atomic mass is 15.4. The van der Waals surface area contributed by atoms with E-state index in [4.69, 9.17) is 5.26 Å². The van der Waals surface area contributed by atoms with Crippen LogP contribution < -0.4 is 0 Å². The average Bonchev–Trinajstić information content (AvgIpc) is 2.86. The van der Waals surface area contributed by atoms with Gasteiger partial charge in [0, 0.05) is 32.7 Å². The molecule has 0 unspecified atom stereocenters. The third kappa shape index (κ3) is 3.11. The Kier molecular flexibility index (Phi) is 4.17. The maximum absolute atomic E-state index is 9.16. The molecule has 0 atom stereocenters. The van der Waals surface area contributed by atoms with E-state index in [9.17, 15) is 0 Å². The molecule has 104 valence electrons. The topological polar surface area (TPSA) is 61.0 Å². The summed E-state index contributed by atoms with van der Waals surface area (Å²) in [6.07, 6.45) is 1.62. The smallest absolute Gasteiger partial charge is 0.140 e. The summed E-state index contributed by atoms with van der Waals surface area (Å²) in [5.41, 5.74) is -0.366. The molecule has 1 aromatic heterocycles.